The number of para-hydroxylation sites is 2. The number of halogens is 1. The van der Waals surface area contributed by atoms with Crippen LogP contribution in [-0.2, 0) is 10.0 Å². The standard InChI is InChI=1S/C14H12ClNO5S/c1-8-10(14(18)19)6-9(7-11(8)15)22(20,21)16-12-4-2-3-5-13(12)17/h2-7,16-17H,1H3,(H,18,19). The number of carbonyl (C=O) groups is 1. The molecule has 2 aromatic carbocycles. The van der Waals surface area contributed by atoms with E-state index in [0.717, 1.165) is 12.1 Å². The minimum absolute atomic E-state index is 0.0175. The molecule has 0 saturated carbocycles. The molecule has 0 bridgehead atoms. The number of hydrogen-bond donors (Lipinski definition) is 3. The SMILES string of the molecule is Cc1c(Cl)cc(S(=O)(=O)Nc2ccccc2O)cc1C(=O)O. The van der Waals surface area contributed by atoms with Crippen LogP contribution in [0.3, 0.4) is 0 Å². The van der Waals surface area contributed by atoms with Crippen LogP contribution in [0.5, 0.6) is 5.75 Å². The molecule has 6 nitrogen and oxygen atoms in total. The number of phenolic OH excluding ortho intramolecular Hbond substituents is 1. The van der Waals surface area contributed by atoms with Crippen LogP contribution in [0.4, 0.5) is 5.69 Å². The summed E-state index contributed by atoms with van der Waals surface area (Å²) in [6.07, 6.45) is 0. The fourth-order valence-corrected chi connectivity index (χ4v) is 3.20. The van der Waals surface area contributed by atoms with Crippen LogP contribution in [0.25, 0.3) is 0 Å². The first kappa shape index (κ1) is 16.1. The molecule has 0 heterocycles. The molecule has 0 spiro atoms. The molecule has 0 unspecified atom stereocenters. The fraction of sp³-hybridized carbons (Fsp3) is 0.0714. The van der Waals surface area contributed by atoms with E-state index in [1.165, 1.54) is 19.1 Å². The van der Waals surface area contributed by atoms with Gasteiger partial charge in [-0.3, -0.25) is 4.72 Å². The summed E-state index contributed by atoms with van der Waals surface area (Å²) in [5.74, 6) is -1.53. The number of phenols is 1. The van der Waals surface area contributed by atoms with Crippen molar-refractivity contribution in [3.8, 4) is 5.75 Å². The van der Waals surface area contributed by atoms with Gasteiger partial charge >= 0.3 is 5.97 Å². The first-order valence-corrected chi connectivity index (χ1v) is 7.93. The Kier molecular flexibility index (Phi) is 4.30. The molecule has 2 aromatic rings. The lowest BCUT2D eigenvalue weighted by Gasteiger charge is -2.12. The number of aromatic carboxylic acids is 1. The lowest BCUT2D eigenvalue weighted by molar-refractivity contribution is 0.0696. The van der Waals surface area contributed by atoms with Gasteiger partial charge in [-0.1, -0.05) is 23.7 Å². The van der Waals surface area contributed by atoms with Crippen LogP contribution in [0.2, 0.25) is 5.02 Å². The van der Waals surface area contributed by atoms with Gasteiger partial charge in [-0.15, -0.1) is 0 Å². The Hall–Kier alpha value is -2.25. The van der Waals surface area contributed by atoms with Crippen LogP contribution in [0.15, 0.2) is 41.3 Å². The third-order valence-electron chi connectivity index (χ3n) is 3.01. The van der Waals surface area contributed by atoms with Gasteiger partial charge in [0, 0.05) is 5.02 Å². The average Bonchev–Trinajstić information content (AvgIpc) is 2.43. The molecular formula is C14H12ClNO5S. The summed E-state index contributed by atoms with van der Waals surface area (Å²) in [7, 11) is -4.09. The Morgan fingerprint density at radius 2 is 1.86 bits per heavy atom. The van der Waals surface area contributed by atoms with E-state index in [-0.39, 0.29) is 32.5 Å². The molecule has 22 heavy (non-hydrogen) atoms. The maximum Gasteiger partial charge on any atom is 0.336 e. The summed E-state index contributed by atoms with van der Waals surface area (Å²) in [5.41, 5.74) is 0.0527. The normalized spacial score (nSPS) is 11.2. The van der Waals surface area contributed by atoms with Crippen molar-refractivity contribution in [3.63, 3.8) is 0 Å². The van der Waals surface area contributed by atoms with Gasteiger partial charge in [0.2, 0.25) is 0 Å². The number of sulfonamides is 1. The molecule has 0 radical (unpaired) electrons. The molecule has 0 aromatic heterocycles. The molecule has 3 N–H and O–H groups in total. The topological polar surface area (TPSA) is 104 Å². The van der Waals surface area contributed by atoms with Crippen molar-refractivity contribution in [3.05, 3.63) is 52.5 Å². The van der Waals surface area contributed by atoms with E-state index < -0.39 is 16.0 Å². The minimum atomic E-state index is -4.09. The van der Waals surface area contributed by atoms with Crippen molar-refractivity contribution >= 4 is 33.3 Å². The number of anilines is 1. The van der Waals surface area contributed by atoms with Gasteiger partial charge < -0.3 is 10.2 Å². The quantitative estimate of drug-likeness (QED) is 0.742. The highest BCUT2D eigenvalue weighted by atomic mass is 35.5. The average molecular weight is 342 g/mol. The van der Waals surface area contributed by atoms with Gasteiger partial charge in [-0.25, -0.2) is 13.2 Å². The summed E-state index contributed by atoms with van der Waals surface area (Å²) in [6, 6.07) is 7.96. The van der Waals surface area contributed by atoms with Gasteiger partial charge in [0.25, 0.3) is 10.0 Å². The van der Waals surface area contributed by atoms with E-state index in [9.17, 15) is 18.3 Å². The molecular weight excluding hydrogens is 330 g/mol. The summed E-state index contributed by atoms with van der Waals surface area (Å²) in [4.78, 5) is 10.8. The van der Waals surface area contributed by atoms with Crippen molar-refractivity contribution in [1.82, 2.24) is 0 Å². The second-order valence-electron chi connectivity index (χ2n) is 4.51. The first-order valence-electron chi connectivity index (χ1n) is 6.06. The van der Waals surface area contributed by atoms with Crippen LogP contribution >= 0.6 is 11.6 Å². The van der Waals surface area contributed by atoms with Crippen molar-refractivity contribution < 1.29 is 23.4 Å². The molecule has 2 rings (SSSR count). The Morgan fingerprint density at radius 1 is 1.23 bits per heavy atom. The van der Waals surface area contributed by atoms with E-state index in [2.05, 4.69) is 4.72 Å². The van der Waals surface area contributed by atoms with Gasteiger partial charge in [0.05, 0.1) is 16.1 Å². The van der Waals surface area contributed by atoms with E-state index in [0.29, 0.717) is 0 Å². The van der Waals surface area contributed by atoms with E-state index in [4.69, 9.17) is 16.7 Å². The summed E-state index contributed by atoms with van der Waals surface area (Å²) < 4.78 is 26.8. The molecule has 0 saturated heterocycles. The highest BCUT2D eigenvalue weighted by Crippen LogP contribution is 2.28. The lowest BCUT2D eigenvalue weighted by Crippen LogP contribution is -2.14. The Morgan fingerprint density at radius 3 is 2.45 bits per heavy atom. The first-order chi connectivity index (χ1) is 10.2. The zero-order valence-electron chi connectivity index (χ0n) is 11.4. The van der Waals surface area contributed by atoms with Crippen LogP contribution in [-0.4, -0.2) is 24.6 Å². The number of rotatable bonds is 4. The second-order valence-corrected chi connectivity index (χ2v) is 6.60. The predicted octanol–water partition coefficient (Wildman–Crippen LogP) is 2.85. The number of aromatic hydroxyl groups is 1. The van der Waals surface area contributed by atoms with Crippen LogP contribution in [0, 0.1) is 6.92 Å². The number of benzene rings is 2. The molecule has 8 heteroatoms. The molecule has 0 amide bonds. The highest BCUT2D eigenvalue weighted by molar-refractivity contribution is 7.92. The Labute approximate surface area is 132 Å². The number of nitrogens with one attached hydrogen (secondary N) is 1. The van der Waals surface area contributed by atoms with Crippen molar-refractivity contribution in [2.75, 3.05) is 4.72 Å². The molecule has 0 aliphatic carbocycles. The largest absolute Gasteiger partial charge is 0.506 e. The van der Waals surface area contributed by atoms with Crippen LogP contribution in [0.1, 0.15) is 15.9 Å². The third kappa shape index (κ3) is 3.15. The summed E-state index contributed by atoms with van der Waals surface area (Å²) >= 11 is 5.90. The zero-order chi connectivity index (χ0) is 16.5. The monoisotopic (exact) mass is 341 g/mol. The lowest BCUT2D eigenvalue weighted by atomic mass is 10.1. The molecule has 0 fully saturated rings. The van der Waals surface area contributed by atoms with Gasteiger partial charge in [0.1, 0.15) is 5.75 Å². The smallest absolute Gasteiger partial charge is 0.336 e. The summed E-state index contributed by atoms with van der Waals surface area (Å²) in [5, 5.41) is 18.7. The number of carboxylic acid groups (broad SMARTS) is 1. The van der Waals surface area contributed by atoms with Gasteiger partial charge in [-0.05, 0) is 36.8 Å². The molecule has 0 atom stereocenters. The van der Waals surface area contributed by atoms with Crippen LogP contribution < -0.4 is 4.72 Å². The van der Waals surface area contributed by atoms with E-state index >= 15 is 0 Å². The maximum absolute atomic E-state index is 12.3. The fourth-order valence-electron chi connectivity index (χ4n) is 1.79. The van der Waals surface area contributed by atoms with Crippen molar-refractivity contribution in [2.45, 2.75) is 11.8 Å². The van der Waals surface area contributed by atoms with Gasteiger partial charge in [0.15, 0.2) is 0 Å². The summed E-state index contributed by atoms with van der Waals surface area (Å²) in [6.45, 7) is 1.48. The zero-order valence-corrected chi connectivity index (χ0v) is 12.9. The second kappa shape index (κ2) is 5.86. The molecule has 0 aliphatic heterocycles. The molecule has 0 aliphatic rings. The van der Waals surface area contributed by atoms with E-state index in [1.807, 2.05) is 0 Å². The van der Waals surface area contributed by atoms with E-state index in [1.54, 1.807) is 12.1 Å². The number of carboxylic acids is 1. The van der Waals surface area contributed by atoms with Crippen molar-refractivity contribution in [1.29, 1.82) is 0 Å². The maximum atomic E-state index is 12.3. The molecule has 116 valence electrons. The van der Waals surface area contributed by atoms with Crippen molar-refractivity contribution in [2.24, 2.45) is 0 Å². The third-order valence-corrected chi connectivity index (χ3v) is 4.74. The number of hydrogen-bond acceptors (Lipinski definition) is 4. The minimum Gasteiger partial charge on any atom is -0.506 e. The highest BCUT2D eigenvalue weighted by Gasteiger charge is 2.21. The predicted molar refractivity (Wildman–Crippen MR) is 82.1 cm³/mol. The Bertz CT molecular complexity index is 848. The van der Waals surface area contributed by atoms with Gasteiger partial charge in [-0.2, -0.15) is 0 Å². The Balaban J connectivity index is 2.51.